The SMILES string of the molecule is CCNc1nc2ccccn2c(=O)c1/C=C1/SC(=S)N(Cc2ccccc2Cl)C1=O. The molecule has 1 fully saturated rings. The molecule has 1 N–H and O–H groups in total. The Balaban J connectivity index is 1.74. The fraction of sp³-hybridized carbons (Fsp3) is 0.143. The summed E-state index contributed by atoms with van der Waals surface area (Å²) in [7, 11) is 0. The van der Waals surface area contributed by atoms with Gasteiger partial charge in [0.15, 0.2) is 0 Å². The molecule has 30 heavy (non-hydrogen) atoms. The zero-order valence-electron chi connectivity index (χ0n) is 16.0. The number of aromatic nitrogens is 2. The summed E-state index contributed by atoms with van der Waals surface area (Å²) in [4.78, 5) is 32.5. The number of halogens is 1. The van der Waals surface area contributed by atoms with Crippen molar-refractivity contribution in [2.75, 3.05) is 11.9 Å². The summed E-state index contributed by atoms with van der Waals surface area (Å²) < 4.78 is 1.88. The lowest BCUT2D eigenvalue weighted by Gasteiger charge is -2.15. The van der Waals surface area contributed by atoms with Crippen LogP contribution in [0.2, 0.25) is 5.02 Å². The number of nitrogens with one attached hydrogen (secondary N) is 1. The van der Waals surface area contributed by atoms with E-state index in [2.05, 4.69) is 10.3 Å². The first-order valence-corrected chi connectivity index (χ1v) is 10.8. The van der Waals surface area contributed by atoms with Crippen molar-refractivity contribution in [1.82, 2.24) is 14.3 Å². The second kappa shape index (κ2) is 8.59. The van der Waals surface area contributed by atoms with Crippen molar-refractivity contribution in [2.45, 2.75) is 13.5 Å². The number of hydrogen-bond donors (Lipinski definition) is 1. The maximum atomic E-state index is 13.1. The lowest BCUT2D eigenvalue weighted by Crippen LogP contribution is -2.27. The van der Waals surface area contributed by atoms with Crippen LogP contribution in [-0.2, 0) is 11.3 Å². The Morgan fingerprint density at radius 3 is 2.73 bits per heavy atom. The number of thiocarbonyl (C=S) groups is 1. The number of benzene rings is 1. The smallest absolute Gasteiger partial charge is 0.267 e. The average molecular weight is 457 g/mol. The summed E-state index contributed by atoms with van der Waals surface area (Å²) in [5.74, 6) is 0.176. The van der Waals surface area contributed by atoms with E-state index in [9.17, 15) is 9.59 Å². The summed E-state index contributed by atoms with van der Waals surface area (Å²) >= 11 is 12.8. The summed E-state index contributed by atoms with van der Waals surface area (Å²) in [6, 6.07) is 12.7. The Labute approximate surface area is 187 Å². The molecule has 3 heterocycles. The Morgan fingerprint density at radius 2 is 1.97 bits per heavy atom. The fourth-order valence-electron chi connectivity index (χ4n) is 3.10. The largest absolute Gasteiger partial charge is 0.370 e. The number of nitrogens with zero attached hydrogens (tertiary/aromatic N) is 3. The van der Waals surface area contributed by atoms with Gasteiger partial charge in [-0.1, -0.05) is 59.8 Å². The molecule has 0 unspecified atom stereocenters. The van der Waals surface area contributed by atoms with E-state index in [-0.39, 0.29) is 18.0 Å². The van der Waals surface area contributed by atoms with Gasteiger partial charge in [0, 0.05) is 17.8 Å². The minimum atomic E-state index is -0.259. The molecular weight excluding hydrogens is 440 g/mol. The number of fused-ring (bicyclic) bond motifs is 1. The van der Waals surface area contributed by atoms with Crippen LogP contribution in [0.3, 0.4) is 0 Å². The highest BCUT2D eigenvalue weighted by Crippen LogP contribution is 2.34. The van der Waals surface area contributed by atoms with E-state index in [1.807, 2.05) is 31.2 Å². The molecule has 152 valence electrons. The Morgan fingerprint density at radius 1 is 1.20 bits per heavy atom. The second-order valence-corrected chi connectivity index (χ2v) is 8.58. The van der Waals surface area contributed by atoms with Gasteiger partial charge in [-0.15, -0.1) is 0 Å². The van der Waals surface area contributed by atoms with Crippen molar-refractivity contribution in [3.05, 3.63) is 80.1 Å². The molecule has 2 aromatic heterocycles. The van der Waals surface area contributed by atoms with E-state index in [0.29, 0.717) is 37.8 Å². The molecule has 0 aliphatic carbocycles. The van der Waals surface area contributed by atoms with Gasteiger partial charge in [0.1, 0.15) is 15.8 Å². The molecule has 0 radical (unpaired) electrons. The minimum absolute atomic E-state index is 0.257. The molecule has 1 amide bonds. The third-order valence-corrected chi connectivity index (χ3v) is 6.30. The molecule has 0 saturated carbocycles. The maximum Gasteiger partial charge on any atom is 0.267 e. The monoisotopic (exact) mass is 456 g/mol. The molecule has 4 rings (SSSR count). The van der Waals surface area contributed by atoms with Crippen LogP contribution in [0.1, 0.15) is 18.1 Å². The molecule has 3 aromatic rings. The highest BCUT2D eigenvalue weighted by Gasteiger charge is 2.33. The molecule has 9 heteroatoms. The zero-order valence-corrected chi connectivity index (χ0v) is 18.4. The summed E-state index contributed by atoms with van der Waals surface area (Å²) in [6.07, 6.45) is 3.22. The van der Waals surface area contributed by atoms with Crippen molar-refractivity contribution >= 4 is 63.3 Å². The topological polar surface area (TPSA) is 66.7 Å². The first-order valence-electron chi connectivity index (χ1n) is 9.23. The number of pyridine rings is 1. The number of hydrogen-bond acceptors (Lipinski definition) is 6. The molecule has 0 bridgehead atoms. The Hall–Kier alpha value is -2.68. The van der Waals surface area contributed by atoms with Gasteiger partial charge in [0.05, 0.1) is 17.0 Å². The number of anilines is 1. The Kier molecular flexibility index (Phi) is 5.90. The summed E-state index contributed by atoms with van der Waals surface area (Å²) in [6.45, 7) is 2.78. The van der Waals surface area contributed by atoms with Crippen molar-refractivity contribution < 1.29 is 4.79 Å². The fourth-order valence-corrected chi connectivity index (χ4v) is 4.53. The van der Waals surface area contributed by atoms with Crippen LogP contribution < -0.4 is 10.9 Å². The molecule has 0 spiro atoms. The van der Waals surface area contributed by atoms with Crippen LogP contribution in [0, 0.1) is 0 Å². The molecule has 1 saturated heterocycles. The molecule has 0 atom stereocenters. The molecule has 6 nitrogen and oxygen atoms in total. The third-order valence-electron chi connectivity index (χ3n) is 4.55. The highest BCUT2D eigenvalue weighted by atomic mass is 35.5. The standard InChI is InChI=1S/C21H17ClN4O2S2/c1-2-23-18-14(19(27)25-10-6-5-9-17(25)24-18)11-16-20(28)26(21(29)30-16)12-13-7-3-4-8-15(13)22/h3-11,23H,2,12H2,1H3/b16-11+. The van der Waals surface area contributed by atoms with Crippen molar-refractivity contribution in [3.8, 4) is 0 Å². The van der Waals surface area contributed by atoms with Gasteiger partial charge in [-0.3, -0.25) is 18.9 Å². The predicted molar refractivity (Wildman–Crippen MR) is 126 cm³/mol. The highest BCUT2D eigenvalue weighted by molar-refractivity contribution is 8.26. The van der Waals surface area contributed by atoms with Gasteiger partial charge < -0.3 is 5.32 Å². The maximum absolute atomic E-state index is 13.1. The normalized spacial score (nSPS) is 15.4. The van der Waals surface area contributed by atoms with Crippen LogP contribution in [0.4, 0.5) is 5.82 Å². The van der Waals surface area contributed by atoms with E-state index >= 15 is 0 Å². The lowest BCUT2D eigenvalue weighted by atomic mass is 10.2. The minimum Gasteiger partial charge on any atom is -0.370 e. The predicted octanol–water partition coefficient (Wildman–Crippen LogP) is 4.18. The quantitative estimate of drug-likeness (QED) is 0.459. The van der Waals surface area contributed by atoms with Crippen LogP contribution in [-0.4, -0.2) is 31.1 Å². The molecule has 1 aliphatic rings. The molecule has 1 aromatic carbocycles. The van der Waals surface area contributed by atoms with Crippen molar-refractivity contribution in [1.29, 1.82) is 0 Å². The molecular formula is C21H17ClN4O2S2. The summed E-state index contributed by atoms with van der Waals surface area (Å²) in [5.41, 5.74) is 1.39. The van der Waals surface area contributed by atoms with Crippen molar-refractivity contribution in [2.24, 2.45) is 0 Å². The number of amides is 1. The van der Waals surface area contributed by atoms with E-state index < -0.39 is 0 Å². The zero-order chi connectivity index (χ0) is 21.3. The molecule has 1 aliphatic heterocycles. The Bertz CT molecular complexity index is 1260. The van der Waals surface area contributed by atoms with Crippen LogP contribution in [0.25, 0.3) is 11.7 Å². The van der Waals surface area contributed by atoms with E-state index in [0.717, 1.165) is 17.3 Å². The van der Waals surface area contributed by atoms with Crippen molar-refractivity contribution in [3.63, 3.8) is 0 Å². The number of carbonyl (C=O) groups is 1. The van der Waals surface area contributed by atoms with E-state index in [1.165, 1.54) is 9.30 Å². The van der Waals surface area contributed by atoms with E-state index in [1.54, 1.807) is 30.5 Å². The van der Waals surface area contributed by atoms with Gasteiger partial charge in [-0.2, -0.15) is 0 Å². The third kappa shape index (κ3) is 3.86. The van der Waals surface area contributed by atoms with Gasteiger partial charge in [0.25, 0.3) is 11.5 Å². The number of thioether (sulfide) groups is 1. The van der Waals surface area contributed by atoms with Crippen LogP contribution in [0.15, 0.2) is 58.4 Å². The first kappa shape index (κ1) is 20.6. The number of carbonyl (C=O) groups excluding carboxylic acids is 1. The first-order chi connectivity index (χ1) is 14.5. The van der Waals surface area contributed by atoms with Gasteiger partial charge in [-0.05, 0) is 36.8 Å². The van der Waals surface area contributed by atoms with Crippen LogP contribution in [0.5, 0.6) is 0 Å². The average Bonchev–Trinajstić information content (AvgIpc) is 3.00. The van der Waals surface area contributed by atoms with Crippen LogP contribution >= 0.6 is 35.6 Å². The lowest BCUT2D eigenvalue weighted by molar-refractivity contribution is -0.122. The van der Waals surface area contributed by atoms with Gasteiger partial charge >= 0.3 is 0 Å². The number of rotatable bonds is 5. The van der Waals surface area contributed by atoms with Gasteiger partial charge in [0.2, 0.25) is 0 Å². The summed E-state index contributed by atoms with van der Waals surface area (Å²) in [5, 5.41) is 3.69. The van der Waals surface area contributed by atoms with Gasteiger partial charge in [-0.25, -0.2) is 4.98 Å². The van der Waals surface area contributed by atoms with E-state index in [4.69, 9.17) is 23.8 Å². The second-order valence-electron chi connectivity index (χ2n) is 6.50.